The van der Waals surface area contributed by atoms with Crippen molar-refractivity contribution in [2.45, 2.75) is 25.3 Å². The Morgan fingerprint density at radius 3 is 2.72 bits per heavy atom. The molecule has 1 aromatic rings. The lowest BCUT2D eigenvalue weighted by atomic mass is 10.0. The third kappa shape index (κ3) is 1.43. The summed E-state index contributed by atoms with van der Waals surface area (Å²) in [6.07, 6.45) is 7.27. The van der Waals surface area contributed by atoms with Gasteiger partial charge >= 0.3 is 0 Å². The second kappa shape index (κ2) is 3.70. The minimum absolute atomic E-state index is 0.0406. The van der Waals surface area contributed by atoms with Crippen molar-refractivity contribution in [2.75, 3.05) is 0 Å². The van der Waals surface area contributed by atoms with Gasteiger partial charge in [0.1, 0.15) is 0 Å². The summed E-state index contributed by atoms with van der Waals surface area (Å²) in [4.78, 5) is 16.1. The Kier molecular flexibility index (Phi) is 2.22. The average molecular weight is 263 g/mol. The molecule has 0 spiro atoms. The molecule has 0 radical (unpaired) electrons. The van der Waals surface area contributed by atoms with Crippen LogP contribution in [0.3, 0.4) is 0 Å². The number of aromatic nitrogens is 1. The molecule has 1 amide bonds. The molecule has 3 saturated carbocycles. The molecule has 3 nitrogen and oxygen atoms in total. The summed E-state index contributed by atoms with van der Waals surface area (Å²) in [5.41, 5.74) is 0.545. The quantitative estimate of drug-likeness (QED) is 0.890. The molecule has 4 atom stereocenters. The van der Waals surface area contributed by atoms with E-state index in [1.54, 1.807) is 12.3 Å². The van der Waals surface area contributed by atoms with Gasteiger partial charge in [-0.15, -0.1) is 0 Å². The normalized spacial score (nSPS) is 39.5. The SMILES string of the molecule is O=C(NC1C2C3CCC(C3)C12)c1ccncc1Cl. The lowest BCUT2D eigenvalue weighted by molar-refractivity contribution is 0.0944. The summed E-state index contributed by atoms with van der Waals surface area (Å²) >= 11 is 5.99. The van der Waals surface area contributed by atoms with E-state index in [4.69, 9.17) is 11.6 Å². The zero-order valence-electron chi connectivity index (χ0n) is 9.97. The van der Waals surface area contributed by atoms with Crippen LogP contribution < -0.4 is 5.32 Å². The maximum Gasteiger partial charge on any atom is 0.253 e. The highest BCUT2D eigenvalue weighted by molar-refractivity contribution is 6.33. The van der Waals surface area contributed by atoms with Gasteiger partial charge in [-0.2, -0.15) is 0 Å². The number of amides is 1. The van der Waals surface area contributed by atoms with Crippen LogP contribution in [-0.4, -0.2) is 16.9 Å². The third-order valence-corrected chi connectivity index (χ3v) is 5.35. The lowest BCUT2D eigenvalue weighted by Gasteiger charge is -2.11. The standard InChI is InChI=1S/C14H15ClN2O/c15-10-6-16-4-3-9(10)14(18)17-13-11-7-1-2-8(5-7)12(11)13/h3-4,6-8,11-13H,1-2,5H2,(H,17,18). The largest absolute Gasteiger partial charge is 0.349 e. The number of carbonyl (C=O) groups excluding carboxylic acids is 1. The molecule has 0 aliphatic heterocycles. The van der Waals surface area contributed by atoms with Crippen LogP contribution in [0, 0.1) is 23.7 Å². The molecule has 4 unspecified atom stereocenters. The molecule has 4 heteroatoms. The molecular formula is C14H15ClN2O. The summed E-state index contributed by atoms with van der Waals surface area (Å²) < 4.78 is 0. The van der Waals surface area contributed by atoms with Crippen LogP contribution >= 0.6 is 11.6 Å². The number of nitrogens with zero attached hydrogens (tertiary/aromatic N) is 1. The molecule has 1 aromatic heterocycles. The first-order valence-electron chi connectivity index (χ1n) is 6.66. The number of halogens is 1. The Morgan fingerprint density at radius 2 is 2.06 bits per heavy atom. The monoisotopic (exact) mass is 262 g/mol. The van der Waals surface area contributed by atoms with Crippen molar-refractivity contribution in [2.24, 2.45) is 23.7 Å². The molecule has 4 rings (SSSR count). The summed E-state index contributed by atoms with van der Waals surface area (Å²) in [5.74, 6) is 3.22. The van der Waals surface area contributed by atoms with Crippen LogP contribution in [-0.2, 0) is 0 Å². The van der Waals surface area contributed by atoms with Gasteiger partial charge in [0, 0.05) is 18.4 Å². The van der Waals surface area contributed by atoms with Crippen LogP contribution in [0.25, 0.3) is 0 Å². The smallest absolute Gasteiger partial charge is 0.253 e. The molecule has 1 N–H and O–H groups in total. The highest BCUT2D eigenvalue weighted by atomic mass is 35.5. The van der Waals surface area contributed by atoms with Crippen LogP contribution in [0.2, 0.25) is 5.02 Å². The van der Waals surface area contributed by atoms with Crippen LogP contribution in [0.15, 0.2) is 18.5 Å². The Hall–Kier alpha value is -1.09. The van der Waals surface area contributed by atoms with Gasteiger partial charge in [0.2, 0.25) is 0 Å². The van der Waals surface area contributed by atoms with E-state index in [1.165, 1.54) is 25.5 Å². The van der Waals surface area contributed by atoms with E-state index in [1.807, 2.05) is 0 Å². The van der Waals surface area contributed by atoms with E-state index < -0.39 is 0 Å². The van der Waals surface area contributed by atoms with Crippen molar-refractivity contribution in [3.05, 3.63) is 29.0 Å². The number of fused-ring (bicyclic) bond motifs is 5. The van der Waals surface area contributed by atoms with E-state index in [0.717, 1.165) is 23.7 Å². The van der Waals surface area contributed by atoms with Crippen LogP contribution in [0.4, 0.5) is 0 Å². The Labute approximate surface area is 111 Å². The summed E-state index contributed by atoms with van der Waals surface area (Å²) in [7, 11) is 0. The molecule has 1 heterocycles. The second-order valence-electron chi connectivity index (χ2n) is 5.84. The molecule has 3 aliphatic rings. The van der Waals surface area contributed by atoms with Gasteiger partial charge in [0.15, 0.2) is 0 Å². The molecule has 94 valence electrons. The minimum Gasteiger partial charge on any atom is -0.349 e. The number of rotatable bonds is 2. The molecular weight excluding hydrogens is 248 g/mol. The lowest BCUT2D eigenvalue weighted by Crippen LogP contribution is -2.30. The Bertz CT molecular complexity index is 502. The van der Waals surface area contributed by atoms with Crippen molar-refractivity contribution in [3.63, 3.8) is 0 Å². The predicted molar refractivity (Wildman–Crippen MR) is 68.3 cm³/mol. The van der Waals surface area contributed by atoms with E-state index >= 15 is 0 Å². The van der Waals surface area contributed by atoms with Gasteiger partial charge in [-0.25, -0.2) is 0 Å². The van der Waals surface area contributed by atoms with E-state index in [0.29, 0.717) is 16.6 Å². The summed E-state index contributed by atoms with van der Waals surface area (Å²) in [6.45, 7) is 0. The molecule has 2 bridgehead atoms. The first-order chi connectivity index (χ1) is 8.75. The zero-order chi connectivity index (χ0) is 12.3. The molecule has 18 heavy (non-hydrogen) atoms. The topological polar surface area (TPSA) is 42.0 Å². The van der Waals surface area contributed by atoms with Crippen molar-refractivity contribution < 1.29 is 4.79 Å². The average Bonchev–Trinajstić information content (AvgIpc) is 2.77. The van der Waals surface area contributed by atoms with Gasteiger partial charge in [-0.05, 0) is 49.0 Å². The zero-order valence-corrected chi connectivity index (χ0v) is 10.7. The molecule has 0 aromatic carbocycles. The summed E-state index contributed by atoms with van der Waals surface area (Å²) in [5, 5.41) is 3.60. The van der Waals surface area contributed by atoms with E-state index in [9.17, 15) is 4.79 Å². The Balaban J connectivity index is 1.48. The third-order valence-electron chi connectivity index (χ3n) is 5.05. The van der Waals surface area contributed by atoms with Crippen molar-refractivity contribution in [1.29, 1.82) is 0 Å². The fourth-order valence-electron chi connectivity index (χ4n) is 4.31. The first kappa shape index (κ1) is 10.8. The van der Waals surface area contributed by atoms with E-state index in [2.05, 4.69) is 10.3 Å². The van der Waals surface area contributed by atoms with Crippen molar-refractivity contribution >= 4 is 17.5 Å². The van der Waals surface area contributed by atoms with Crippen molar-refractivity contribution in [3.8, 4) is 0 Å². The number of hydrogen-bond acceptors (Lipinski definition) is 2. The second-order valence-corrected chi connectivity index (χ2v) is 6.25. The van der Waals surface area contributed by atoms with Crippen molar-refractivity contribution in [1.82, 2.24) is 10.3 Å². The van der Waals surface area contributed by atoms with Gasteiger partial charge in [-0.3, -0.25) is 9.78 Å². The Morgan fingerprint density at radius 1 is 1.33 bits per heavy atom. The first-order valence-corrected chi connectivity index (χ1v) is 7.04. The number of nitrogens with one attached hydrogen (secondary N) is 1. The molecule has 3 aliphatic carbocycles. The van der Waals surface area contributed by atoms with Gasteiger partial charge in [-0.1, -0.05) is 11.6 Å². The maximum atomic E-state index is 12.2. The fraction of sp³-hybridized carbons (Fsp3) is 0.571. The number of pyridine rings is 1. The fourth-order valence-corrected chi connectivity index (χ4v) is 4.51. The van der Waals surface area contributed by atoms with Crippen LogP contribution in [0.1, 0.15) is 29.6 Å². The minimum atomic E-state index is -0.0406. The number of carbonyl (C=O) groups is 1. The molecule has 0 saturated heterocycles. The number of hydrogen-bond donors (Lipinski definition) is 1. The van der Waals surface area contributed by atoms with Gasteiger partial charge < -0.3 is 5.32 Å². The molecule has 3 fully saturated rings. The van der Waals surface area contributed by atoms with Gasteiger partial charge in [0.05, 0.1) is 10.6 Å². The summed E-state index contributed by atoms with van der Waals surface area (Å²) in [6, 6.07) is 2.10. The maximum absolute atomic E-state index is 12.2. The highest BCUT2D eigenvalue weighted by Crippen LogP contribution is 2.65. The van der Waals surface area contributed by atoms with E-state index in [-0.39, 0.29) is 5.91 Å². The predicted octanol–water partition coefficient (Wildman–Crippen LogP) is 2.51. The highest BCUT2D eigenvalue weighted by Gasteiger charge is 2.65. The van der Waals surface area contributed by atoms with Gasteiger partial charge in [0.25, 0.3) is 5.91 Å². The van der Waals surface area contributed by atoms with Crippen LogP contribution in [0.5, 0.6) is 0 Å².